The fourth-order valence-electron chi connectivity index (χ4n) is 3.71. The molecule has 1 amide bonds. The van der Waals surface area contributed by atoms with Crippen LogP contribution in [0.1, 0.15) is 40.1 Å². The number of benzene rings is 2. The van der Waals surface area contributed by atoms with E-state index in [1.54, 1.807) is 31.3 Å². The van der Waals surface area contributed by atoms with Gasteiger partial charge in [0.25, 0.3) is 5.91 Å². The van der Waals surface area contributed by atoms with Crippen molar-refractivity contribution in [2.75, 3.05) is 12.4 Å². The zero-order valence-corrected chi connectivity index (χ0v) is 16.3. The monoisotopic (exact) mass is 414 g/mol. The maximum atomic E-state index is 13.8. The summed E-state index contributed by atoms with van der Waals surface area (Å²) in [6, 6.07) is 17.4. The lowest BCUT2D eigenvalue weighted by atomic mass is 9.97. The first-order valence-electron chi connectivity index (χ1n) is 9.60. The van der Waals surface area contributed by atoms with Crippen LogP contribution in [0.3, 0.4) is 0 Å². The number of fused-ring (bicyclic) bond motifs is 1. The van der Waals surface area contributed by atoms with E-state index in [2.05, 4.69) is 10.4 Å². The number of anilines is 1. The van der Waals surface area contributed by atoms with Crippen molar-refractivity contribution in [2.24, 2.45) is 0 Å². The molecular weight excluding hydrogens is 393 g/mol. The van der Waals surface area contributed by atoms with E-state index in [1.807, 2.05) is 36.4 Å². The van der Waals surface area contributed by atoms with Crippen molar-refractivity contribution in [3.63, 3.8) is 0 Å². The number of rotatable bonds is 4. The molecule has 2 aromatic carbocycles. The van der Waals surface area contributed by atoms with Gasteiger partial charge >= 0.3 is 6.18 Å². The number of carbonyl (C=O) groups excluding carboxylic acids is 1. The van der Waals surface area contributed by atoms with Gasteiger partial charge in [-0.2, -0.15) is 18.3 Å². The Morgan fingerprint density at radius 1 is 1.13 bits per heavy atom. The summed E-state index contributed by atoms with van der Waals surface area (Å²) in [4.78, 5) is 14.3. The molecule has 0 radical (unpaired) electrons. The normalized spacial score (nSPS) is 18.4. The molecule has 1 N–H and O–H groups in total. The lowest BCUT2D eigenvalue weighted by molar-refractivity contribution is -0.173. The lowest BCUT2D eigenvalue weighted by Gasteiger charge is -2.33. The average molecular weight is 414 g/mol. The number of hydrogen-bond acceptors (Lipinski definition) is 3. The largest absolute Gasteiger partial charge is 0.410 e. The molecule has 156 valence electrons. The summed E-state index contributed by atoms with van der Waals surface area (Å²) in [5.74, 6) is -0.242. The molecule has 2 atom stereocenters. The molecule has 0 fully saturated rings. The zero-order valence-electron chi connectivity index (χ0n) is 16.3. The molecule has 30 heavy (non-hydrogen) atoms. The highest BCUT2D eigenvalue weighted by atomic mass is 19.4. The second-order valence-electron chi connectivity index (χ2n) is 7.41. The van der Waals surface area contributed by atoms with Crippen LogP contribution in [0.2, 0.25) is 0 Å². The van der Waals surface area contributed by atoms with Crippen molar-refractivity contribution in [1.82, 2.24) is 14.7 Å². The van der Waals surface area contributed by atoms with Gasteiger partial charge in [0, 0.05) is 26.1 Å². The third-order valence-corrected chi connectivity index (χ3v) is 5.22. The first-order valence-corrected chi connectivity index (χ1v) is 9.60. The highest BCUT2D eigenvalue weighted by Gasteiger charge is 2.46. The van der Waals surface area contributed by atoms with Crippen LogP contribution in [0.5, 0.6) is 0 Å². The van der Waals surface area contributed by atoms with Crippen LogP contribution >= 0.6 is 0 Å². The van der Waals surface area contributed by atoms with Crippen LogP contribution in [0, 0.1) is 0 Å². The number of carbonyl (C=O) groups is 1. The maximum Gasteiger partial charge on any atom is 0.410 e. The van der Waals surface area contributed by atoms with Crippen molar-refractivity contribution >= 4 is 11.7 Å². The first kappa shape index (κ1) is 20.0. The summed E-state index contributed by atoms with van der Waals surface area (Å²) in [6.07, 6.45) is -4.68. The Morgan fingerprint density at radius 2 is 1.77 bits per heavy atom. The van der Waals surface area contributed by atoms with Gasteiger partial charge in [-0.1, -0.05) is 60.7 Å². The zero-order chi connectivity index (χ0) is 21.3. The Balaban J connectivity index is 1.61. The topological polar surface area (TPSA) is 50.2 Å². The van der Waals surface area contributed by atoms with E-state index in [-0.39, 0.29) is 17.9 Å². The van der Waals surface area contributed by atoms with Crippen molar-refractivity contribution < 1.29 is 18.0 Å². The van der Waals surface area contributed by atoms with E-state index >= 15 is 0 Å². The number of halogens is 3. The smallest absolute Gasteiger partial charge is 0.363 e. The first-order chi connectivity index (χ1) is 14.3. The maximum absolute atomic E-state index is 13.8. The van der Waals surface area contributed by atoms with Crippen LogP contribution in [-0.4, -0.2) is 33.8 Å². The molecule has 1 aliphatic heterocycles. The van der Waals surface area contributed by atoms with Crippen LogP contribution < -0.4 is 5.32 Å². The standard InChI is InChI=1S/C22H21F3N4O/c1-28(14-15-8-4-2-5-9-15)21(30)18-13-20-26-17(16-10-6-3-7-11-16)12-19(22(23,24)25)29(20)27-18/h2-11,13,17,19,26H,12,14H2,1H3/t17-,19+/m1/s1. The Morgan fingerprint density at radius 3 is 2.40 bits per heavy atom. The highest BCUT2D eigenvalue weighted by molar-refractivity contribution is 5.93. The Labute approximate surface area is 172 Å². The summed E-state index contributed by atoms with van der Waals surface area (Å²) in [6.45, 7) is 0.338. The molecule has 0 saturated carbocycles. The molecule has 0 bridgehead atoms. The molecule has 4 rings (SSSR count). The summed E-state index contributed by atoms with van der Waals surface area (Å²) < 4.78 is 42.2. The Hall–Kier alpha value is -3.29. The lowest BCUT2D eigenvalue weighted by Crippen LogP contribution is -2.35. The van der Waals surface area contributed by atoms with Crippen LogP contribution in [0.4, 0.5) is 19.0 Å². The van der Waals surface area contributed by atoms with E-state index in [9.17, 15) is 18.0 Å². The molecule has 8 heteroatoms. The molecule has 5 nitrogen and oxygen atoms in total. The minimum Gasteiger partial charge on any atom is -0.363 e. The molecule has 0 unspecified atom stereocenters. The van der Waals surface area contributed by atoms with Gasteiger partial charge < -0.3 is 10.2 Å². The van der Waals surface area contributed by atoms with Gasteiger partial charge in [0.15, 0.2) is 11.7 Å². The van der Waals surface area contributed by atoms with E-state index in [1.165, 1.54) is 11.0 Å². The molecule has 0 aliphatic carbocycles. The number of alkyl halides is 3. The minimum atomic E-state index is -4.48. The Kier molecular flexibility index (Phi) is 5.24. The van der Waals surface area contributed by atoms with Gasteiger partial charge in [0.1, 0.15) is 5.82 Å². The number of amides is 1. The van der Waals surface area contributed by atoms with E-state index in [0.29, 0.717) is 6.54 Å². The SMILES string of the molecule is CN(Cc1ccccc1)C(=O)c1cc2n(n1)[C@H](C(F)(F)F)C[C@H](c1ccccc1)N2. The van der Waals surface area contributed by atoms with Gasteiger partial charge in [0.2, 0.25) is 0 Å². The van der Waals surface area contributed by atoms with Gasteiger partial charge in [0.05, 0.1) is 6.04 Å². The number of aromatic nitrogens is 2. The summed E-state index contributed by atoms with van der Waals surface area (Å²) in [7, 11) is 1.61. The second kappa shape index (κ2) is 7.85. The third kappa shape index (κ3) is 4.03. The highest BCUT2D eigenvalue weighted by Crippen LogP contribution is 2.43. The average Bonchev–Trinajstić information content (AvgIpc) is 3.17. The minimum absolute atomic E-state index is 0.0149. The molecule has 1 aliphatic rings. The predicted molar refractivity (Wildman–Crippen MR) is 107 cm³/mol. The summed E-state index contributed by atoms with van der Waals surface area (Å²) >= 11 is 0. The van der Waals surface area contributed by atoms with Gasteiger partial charge in [-0.3, -0.25) is 4.79 Å². The second-order valence-corrected chi connectivity index (χ2v) is 7.41. The fourth-order valence-corrected chi connectivity index (χ4v) is 3.71. The molecule has 2 heterocycles. The third-order valence-electron chi connectivity index (χ3n) is 5.22. The number of nitrogens with one attached hydrogen (secondary N) is 1. The van der Waals surface area contributed by atoms with Crippen molar-refractivity contribution in [1.29, 1.82) is 0 Å². The fraction of sp³-hybridized carbons (Fsp3) is 0.273. The van der Waals surface area contributed by atoms with Crippen LogP contribution in [0.25, 0.3) is 0 Å². The molecule has 1 aromatic heterocycles. The van der Waals surface area contributed by atoms with E-state index in [0.717, 1.165) is 15.8 Å². The quantitative estimate of drug-likeness (QED) is 0.666. The summed E-state index contributed by atoms with van der Waals surface area (Å²) in [5.41, 5.74) is 1.67. The van der Waals surface area contributed by atoms with Gasteiger partial charge in [-0.05, 0) is 11.1 Å². The van der Waals surface area contributed by atoms with E-state index < -0.39 is 24.2 Å². The molecule has 3 aromatic rings. The molecule has 0 spiro atoms. The van der Waals surface area contributed by atoms with Crippen molar-refractivity contribution in [3.05, 3.63) is 83.6 Å². The van der Waals surface area contributed by atoms with Crippen molar-refractivity contribution in [3.8, 4) is 0 Å². The Bertz CT molecular complexity index is 1020. The number of nitrogens with zero attached hydrogens (tertiary/aromatic N) is 3. The van der Waals surface area contributed by atoms with Crippen molar-refractivity contribution in [2.45, 2.75) is 31.2 Å². The van der Waals surface area contributed by atoms with Gasteiger partial charge in [-0.25, -0.2) is 4.68 Å². The summed E-state index contributed by atoms with van der Waals surface area (Å²) in [5, 5.41) is 7.14. The van der Waals surface area contributed by atoms with Crippen LogP contribution in [0.15, 0.2) is 66.7 Å². The van der Waals surface area contributed by atoms with E-state index in [4.69, 9.17) is 0 Å². The van der Waals surface area contributed by atoms with Crippen LogP contribution in [-0.2, 0) is 6.54 Å². The molecular formula is C22H21F3N4O. The number of hydrogen-bond donors (Lipinski definition) is 1. The predicted octanol–water partition coefficient (Wildman–Crippen LogP) is 4.82. The molecule has 0 saturated heterocycles. The van der Waals surface area contributed by atoms with Gasteiger partial charge in [-0.15, -0.1) is 0 Å².